The molecule has 37 heavy (non-hydrogen) atoms. The average Bonchev–Trinajstić information content (AvgIpc) is 2.81. The Morgan fingerprint density at radius 2 is 1.49 bits per heavy atom. The van der Waals surface area contributed by atoms with Crippen molar-refractivity contribution in [3.8, 4) is 5.75 Å². The molecule has 0 aromatic heterocycles. The third-order valence-electron chi connectivity index (χ3n) is 5.68. The van der Waals surface area contributed by atoms with Crippen LogP contribution in [-0.4, -0.2) is 26.3 Å². The lowest BCUT2D eigenvalue weighted by atomic mass is 10.0. The predicted octanol–water partition coefficient (Wildman–Crippen LogP) is 5.35. The third kappa shape index (κ3) is 5.39. The highest BCUT2D eigenvalue weighted by molar-refractivity contribution is 7.87. The molecule has 0 saturated carbocycles. The van der Waals surface area contributed by atoms with Gasteiger partial charge in [-0.2, -0.15) is 8.42 Å². The first-order valence-electron chi connectivity index (χ1n) is 10.9. The Hall–Kier alpha value is -3.66. The second-order valence-electron chi connectivity index (χ2n) is 8.39. The van der Waals surface area contributed by atoms with Crippen LogP contribution in [0.4, 0.5) is 10.5 Å². The molecule has 3 aromatic carbocycles. The summed E-state index contributed by atoms with van der Waals surface area (Å²) in [6.45, 7) is 5.53. The smallest absolute Gasteiger partial charge is 0.339 e. The minimum Gasteiger partial charge on any atom is -0.376 e. The highest BCUT2D eigenvalue weighted by atomic mass is 35.5. The van der Waals surface area contributed by atoms with E-state index in [1.54, 1.807) is 30.3 Å². The summed E-state index contributed by atoms with van der Waals surface area (Å²) in [5.41, 5.74) is 2.86. The van der Waals surface area contributed by atoms with E-state index in [-0.39, 0.29) is 31.8 Å². The maximum absolute atomic E-state index is 13.2. The summed E-state index contributed by atoms with van der Waals surface area (Å²) < 4.78 is 30.5. The summed E-state index contributed by atoms with van der Waals surface area (Å²) >= 11 is 12.5. The molecule has 1 aliphatic rings. The molecule has 0 aliphatic carbocycles. The number of nitrogens with zero attached hydrogens (tertiary/aromatic N) is 1. The Labute approximate surface area is 223 Å². The first kappa shape index (κ1) is 26.4. The molecule has 1 heterocycles. The zero-order chi connectivity index (χ0) is 27.1. The second kappa shape index (κ2) is 10.0. The first-order chi connectivity index (χ1) is 17.4. The summed E-state index contributed by atoms with van der Waals surface area (Å²) in [7, 11) is -4.23. The van der Waals surface area contributed by atoms with Crippen molar-refractivity contribution in [3.05, 3.63) is 92.5 Å². The largest absolute Gasteiger partial charge is 0.376 e. The van der Waals surface area contributed by atoms with E-state index in [1.807, 2.05) is 20.8 Å². The first-order valence-corrected chi connectivity index (χ1v) is 13.0. The van der Waals surface area contributed by atoms with Gasteiger partial charge in [0.25, 0.3) is 11.8 Å². The topological polar surface area (TPSA) is 110 Å². The van der Waals surface area contributed by atoms with Crippen LogP contribution >= 0.6 is 23.2 Å². The molecule has 0 atom stereocenters. The van der Waals surface area contributed by atoms with Crippen molar-refractivity contribution in [1.29, 1.82) is 0 Å². The van der Waals surface area contributed by atoms with Gasteiger partial charge in [0.2, 0.25) is 0 Å². The molecule has 190 valence electrons. The van der Waals surface area contributed by atoms with Gasteiger partial charge in [0.05, 0.1) is 15.7 Å². The van der Waals surface area contributed by atoms with Crippen molar-refractivity contribution in [2.45, 2.75) is 25.7 Å². The standard InChI is InChI=1S/C26H20Cl2N2O6S/c1-14-4-8-19(9-5-14)37(34,35)36-23-21(27)12-17(13-22(23)28)11-20-24(31)29-26(33)30(25(20)32)18-7-6-15(2)16(3)10-18/h4-13H,1-3H3,(H,29,31,33)/b20-11+. The summed E-state index contributed by atoms with van der Waals surface area (Å²) in [6, 6.07) is 12.7. The SMILES string of the molecule is Cc1ccc(S(=O)(=O)Oc2c(Cl)cc(/C=C3\C(=O)NC(=O)N(c4ccc(C)c(C)c4)C3=O)cc2Cl)cc1. The molecule has 0 spiro atoms. The van der Waals surface area contributed by atoms with Crippen molar-refractivity contribution in [2.75, 3.05) is 4.90 Å². The van der Waals surface area contributed by atoms with Crippen LogP contribution in [0.2, 0.25) is 10.0 Å². The number of urea groups is 1. The Bertz CT molecular complexity index is 1570. The Balaban J connectivity index is 1.67. The van der Waals surface area contributed by atoms with Gasteiger partial charge in [-0.3, -0.25) is 14.9 Å². The van der Waals surface area contributed by atoms with Crippen LogP contribution in [0.15, 0.2) is 65.1 Å². The number of barbiturate groups is 1. The van der Waals surface area contributed by atoms with Crippen molar-refractivity contribution in [1.82, 2.24) is 5.32 Å². The molecule has 0 bridgehead atoms. The van der Waals surface area contributed by atoms with E-state index in [4.69, 9.17) is 27.4 Å². The van der Waals surface area contributed by atoms with E-state index in [0.29, 0.717) is 5.69 Å². The molecule has 1 aliphatic heterocycles. The highest BCUT2D eigenvalue weighted by Crippen LogP contribution is 2.37. The van der Waals surface area contributed by atoms with Crippen LogP contribution in [0, 0.1) is 20.8 Å². The van der Waals surface area contributed by atoms with Gasteiger partial charge in [0, 0.05) is 0 Å². The van der Waals surface area contributed by atoms with Gasteiger partial charge in [-0.15, -0.1) is 0 Å². The van der Waals surface area contributed by atoms with Crippen molar-refractivity contribution in [3.63, 3.8) is 0 Å². The number of rotatable bonds is 5. The number of benzene rings is 3. The van der Waals surface area contributed by atoms with Gasteiger partial charge >= 0.3 is 16.1 Å². The number of nitrogens with one attached hydrogen (secondary N) is 1. The summed E-state index contributed by atoms with van der Waals surface area (Å²) in [4.78, 5) is 38.9. The fraction of sp³-hybridized carbons (Fsp3) is 0.115. The molecule has 1 saturated heterocycles. The van der Waals surface area contributed by atoms with Crippen molar-refractivity contribution >= 4 is 62.9 Å². The lowest BCUT2D eigenvalue weighted by molar-refractivity contribution is -0.122. The molecule has 4 amide bonds. The van der Waals surface area contributed by atoms with Gasteiger partial charge in [0.15, 0.2) is 5.75 Å². The van der Waals surface area contributed by atoms with Crippen LogP contribution in [0.5, 0.6) is 5.75 Å². The Morgan fingerprint density at radius 3 is 2.08 bits per heavy atom. The predicted molar refractivity (Wildman–Crippen MR) is 140 cm³/mol. The molecule has 8 nitrogen and oxygen atoms in total. The number of aryl methyl sites for hydroxylation is 3. The lowest BCUT2D eigenvalue weighted by Crippen LogP contribution is -2.54. The van der Waals surface area contributed by atoms with E-state index in [9.17, 15) is 22.8 Å². The normalized spacial score (nSPS) is 15.2. The molecule has 1 fully saturated rings. The van der Waals surface area contributed by atoms with E-state index in [1.165, 1.54) is 30.3 Å². The minimum atomic E-state index is -4.23. The number of imide groups is 2. The number of hydrogen-bond acceptors (Lipinski definition) is 6. The average molecular weight is 559 g/mol. The Morgan fingerprint density at radius 1 is 0.865 bits per heavy atom. The van der Waals surface area contributed by atoms with Crippen LogP contribution in [0.25, 0.3) is 6.08 Å². The second-order valence-corrected chi connectivity index (χ2v) is 10.8. The number of hydrogen-bond donors (Lipinski definition) is 1. The number of anilines is 1. The number of carbonyl (C=O) groups excluding carboxylic acids is 3. The maximum atomic E-state index is 13.2. The van der Waals surface area contributed by atoms with E-state index >= 15 is 0 Å². The van der Waals surface area contributed by atoms with E-state index in [0.717, 1.165) is 21.6 Å². The summed E-state index contributed by atoms with van der Waals surface area (Å²) in [6.07, 6.45) is 1.20. The van der Waals surface area contributed by atoms with Gasteiger partial charge in [-0.25, -0.2) is 9.69 Å². The van der Waals surface area contributed by atoms with Crippen molar-refractivity contribution < 1.29 is 27.0 Å². The van der Waals surface area contributed by atoms with Crippen LogP contribution in [-0.2, 0) is 19.7 Å². The van der Waals surface area contributed by atoms with Gasteiger partial charge in [-0.05, 0) is 79.9 Å². The molecule has 3 aromatic rings. The Kier molecular flexibility index (Phi) is 7.14. The molecule has 1 N–H and O–H groups in total. The zero-order valence-electron chi connectivity index (χ0n) is 19.8. The van der Waals surface area contributed by atoms with E-state index < -0.39 is 28.0 Å². The zero-order valence-corrected chi connectivity index (χ0v) is 22.2. The van der Waals surface area contributed by atoms with Gasteiger partial charge in [0.1, 0.15) is 10.5 Å². The molecule has 11 heteroatoms. The van der Waals surface area contributed by atoms with Gasteiger partial charge in [-0.1, -0.05) is 47.0 Å². The van der Waals surface area contributed by atoms with Crippen LogP contribution in [0.3, 0.4) is 0 Å². The molecule has 4 rings (SSSR count). The van der Waals surface area contributed by atoms with Crippen LogP contribution < -0.4 is 14.4 Å². The monoisotopic (exact) mass is 558 g/mol. The molecular formula is C26H20Cl2N2O6S. The summed E-state index contributed by atoms with van der Waals surface area (Å²) in [5.74, 6) is -2.05. The van der Waals surface area contributed by atoms with E-state index in [2.05, 4.69) is 5.32 Å². The molecular weight excluding hydrogens is 539 g/mol. The number of halogens is 2. The minimum absolute atomic E-state index is 0.0861. The quantitative estimate of drug-likeness (QED) is 0.256. The molecule has 0 unspecified atom stereocenters. The van der Waals surface area contributed by atoms with Gasteiger partial charge < -0.3 is 4.18 Å². The highest BCUT2D eigenvalue weighted by Gasteiger charge is 2.37. The maximum Gasteiger partial charge on any atom is 0.339 e. The molecule has 0 radical (unpaired) electrons. The summed E-state index contributed by atoms with van der Waals surface area (Å²) in [5, 5.41) is 1.81. The number of amides is 4. The lowest BCUT2D eigenvalue weighted by Gasteiger charge is -2.27. The van der Waals surface area contributed by atoms with Crippen molar-refractivity contribution in [2.24, 2.45) is 0 Å². The third-order valence-corrected chi connectivity index (χ3v) is 7.48. The van der Waals surface area contributed by atoms with Crippen LogP contribution in [0.1, 0.15) is 22.3 Å². The fourth-order valence-corrected chi connectivity index (χ4v) is 5.17. The number of carbonyl (C=O) groups is 3. The fourth-order valence-electron chi connectivity index (χ4n) is 3.53.